The lowest BCUT2D eigenvalue weighted by Gasteiger charge is -2.18. The van der Waals surface area contributed by atoms with Gasteiger partial charge < -0.3 is 5.11 Å². The Morgan fingerprint density at radius 3 is 1.62 bits per heavy atom. The molecule has 0 aliphatic rings. The Morgan fingerprint density at radius 2 is 1.14 bits per heavy atom. The van der Waals surface area contributed by atoms with Gasteiger partial charge in [-0.2, -0.15) is 0 Å². The maximum Gasteiger partial charge on any atom is 0.215 e. The average Bonchev–Trinajstić information content (AvgIpc) is 2.74. The van der Waals surface area contributed by atoms with Crippen molar-refractivity contribution in [3.8, 4) is 35.5 Å². The van der Waals surface area contributed by atoms with Crippen molar-refractivity contribution in [2.45, 2.75) is 26.4 Å². The van der Waals surface area contributed by atoms with Crippen LogP contribution in [0.5, 0.6) is 0 Å². The first-order chi connectivity index (χ1) is 14.0. The Balaban J connectivity index is 2.12. The highest BCUT2D eigenvalue weighted by atomic mass is 16.3. The fourth-order valence-electron chi connectivity index (χ4n) is 2.81. The van der Waals surface area contributed by atoms with Crippen LogP contribution in [0.1, 0.15) is 40.3 Å². The summed E-state index contributed by atoms with van der Waals surface area (Å²) in [5.74, 6) is 18.1. The molecular formula is C28H22O. The van der Waals surface area contributed by atoms with Gasteiger partial charge in [0.05, 0.1) is 0 Å². The monoisotopic (exact) mass is 374 g/mol. The summed E-state index contributed by atoms with van der Waals surface area (Å²) in [5, 5.41) is 11.5. The van der Waals surface area contributed by atoms with Crippen molar-refractivity contribution >= 4 is 0 Å². The molecule has 0 aliphatic carbocycles. The molecule has 0 heterocycles. The maximum atomic E-state index is 11.5. The zero-order valence-electron chi connectivity index (χ0n) is 16.9. The Bertz CT molecular complexity index is 1120. The van der Waals surface area contributed by atoms with Gasteiger partial charge in [-0.25, -0.2) is 0 Å². The number of hydrogen-bond acceptors (Lipinski definition) is 1. The van der Waals surface area contributed by atoms with Crippen molar-refractivity contribution in [1.82, 2.24) is 0 Å². The van der Waals surface area contributed by atoms with Crippen molar-refractivity contribution in [2.75, 3.05) is 0 Å². The number of aryl methyl sites for hydroxylation is 2. The van der Waals surface area contributed by atoms with Crippen molar-refractivity contribution in [3.05, 3.63) is 106 Å². The van der Waals surface area contributed by atoms with Crippen LogP contribution in [0.25, 0.3) is 0 Å². The molecule has 0 unspecified atom stereocenters. The minimum absolute atomic E-state index is 0.591. The summed E-state index contributed by atoms with van der Waals surface area (Å²) in [4.78, 5) is 0. The Hall–Kier alpha value is -3.70. The van der Waals surface area contributed by atoms with Crippen LogP contribution in [-0.2, 0) is 5.60 Å². The smallest absolute Gasteiger partial charge is 0.215 e. The average molecular weight is 374 g/mol. The largest absolute Gasteiger partial charge is 0.363 e. The molecule has 0 saturated heterocycles. The first kappa shape index (κ1) is 20.0. The molecule has 0 amide bonds. The fourth-order valence-corrected chi connectivity index (χ4v) is 2.81. The molecule has 1 heteroatoms. The van der Waals surface area contributed by atoms with E-state index in [1.807, 2.05) is 86.6 Å². The topological polar surface area (TPSA) is 20.2 Å². The lowest BCUT2D eigenvalue weighted by Crippen LogP contribution is -2.23. The van der Waals surface area contributed by atoms with E-state index in [9.17, 15) is 5.11 Å². The second kappa shape index (κ2) is 8.99. The summed E-state index contributed by atoms with van der Waals surface area (Å²) in [5.41, 5.74) is 3.64. The molecule has 3 aromatic rings. The van der Waals surface area contributed by atoms with Crippen LogP contribution in [0.2, 0.25) is 0 Å². The van der Waals surface area contributed by atoms with E-state index in [0.717, 1.165) is 22.3 Å². The number of rotatable bonds is 1. The fraction of sp³-hybridized carbons (Fsp3) is 0.143. The highest BCUT2D eigenvalue weighted by Crippen LogP contribution is 2.24. The third-order valence-electron chi connectivity index (χ3n) is 4.46. The summed E-state index contributed by atoms with van der Waals surface area (Å²) in [6.45, 7) is 5.83. The molecule has 0 aromatic heterocycles. The Labute approximate surface area is 173 Å². The van der Waals surface area contributed by atoms with Crippen LogP contribution in [-0.4, -0.2) is 5.11 Å². The molecule has 3 rings (SSSR count). The van der Waals surface area contributed by atoms with E-state index in [4.69, 9.17) is 0 Å². The van der Waals surface area contributed by atoms with Crippen molar-refractivity contribution in [3.63, 3.8) is 0 Å². The lowest BCUT2D eigenvalue weighted by molar-refractivity contribution is 0.164. The molecule has 1 nitrogen and oxygen atoms in total. The zero-order valence-corrected chi connectivity index (χ0v) is 16.9. The van der Waals surface area contributed by atoms with E-state index >= 15 is 0 Å². The molecule has 3 aromatic carbocycles. The van der Waals surface area contributed by atoms with Gasteiger partial charge in [-0.15, -0.1) is 5.92 Å². The first-order valence-corrected chi connectivity index (χ1v) is 9.44. The number of aliphatic hydroxyl groups is 1. The van der Waals surface area contributed by atoms with Crippen LogP contribution in [0.3, 0.4) is 0 Å². The predicted octanol–water partition coefficient (Wildman–Crippen LogP) is 4.97. The molecule has 0 radical (unpaired) electrons. The third kappa shape index (κ3) is 5.18. The summed E-state index contributed by atoms with van der Waals surface area (Å²) < 4.78 is 0. The van der Waals surface area contributed by atoms with Crippen molar-refractivity contribution in [2.24, 2.45) is 0 Å². The van der Waals surface area contributed by atoms with E-state index in [2.05, 4.69) is 35.5 Å². The summed E-state index contributed by atoms with van der Waals surface area (Å²) >= 11 is 0. The first-order valence-electron chi connectivity index (χ1n) is 9.44. The zero-order chi connectivity index (χ0) is 20.7. The number of hydrogen-bond donors (Lipinski definition) is 1. The van der Waals surface area contributed by atoms with E-state index in [-0.39, 0.29) is 0 Å². The predicted molar refractivity (Wildman–Crippen MR) is 119 cm³/mol. The van der Waals surface area contributed by atoms with E-state index in [1.54, 1.807) is 6.92 Å². The summed E-state index contributed by atoms with van der Waals surface area (Å²) in [6, 6.07) is 23.2. The molecule has 0 saturated carbocycles. The second-order valence-electron chi connectivity index (χ2n) is 6.86. The van der Waals surface area contributed by atoms with Gasteiger partial charge in [0.2, 0.25) is 5.60 Å². The Morgan fingerprint density at radius 1 is 0.655 bits per heavy atom. The maximum absolute atomic E-state index is 11.5. The molecule has 140 valence electrons. The van der Waals surface area contributed by atoms with Gasteiger partial charge in [-0.1, -0.05) is 71.4 Å². The van der Waals surface area contributed by atoms with E-state index in [0.29, 0.717) is 11.1 Å². The molecular weight excluding hydrogens is 352 g/mol. The molecule has 0 bridgehead atoms. The molecule has 29 heavy (non-hydrogen) atoms. The van der Waals surface area contributed by atoms with Gasteiger partial charge in [0.1, 0.15) is 0 Å². The van der Waals surface area contributed by atoms with Gasteiger partial charge in [-0.3, -0.25) is 0 Å². The lowest BCUT2D eigenvalue weighted by atomic mass is 9.90. The molecule has 1 N–H and O–H groups in total. The SMILES string of the molecule is CC#Cc1ccccc1C(O)(C#Cc1ccc(C)cc1)C#Cc1ccc(C)cc1. The highest BCUT2D eigenvalue weighted by Gasteiger charge is 2.27. The highest BCUT2D eigenvalue weighted by molar-refractivity contribution is 5.54. The van der Waals surface area contributed by atoms with Gasteiger partial charge in [0, 0.05) is 22.3 Å². The molecule has 0 spiro atoms. The quantitative estimate of drug-likeness (QED) is 0.597. The molecule has 0 aliphatic heterocycles. The Kier molecular flexibility index (Phi) is 6.22. The van der Waals surface area contributed by atoms with Gasteiger partial charge >= 0.3 is 0 Å². The number of benzene rings is 3. The molecule has 0 fully saturated rings. The van der Waals surface area contributed by atoms with Gasteiger partial charge in [-0.05, 0) is 62.9 Å². The second-order valence-corrected chi connectivity index (χ2v) is 6.86. The van der Waals surface area contributed by atoms with Gasteiger partial charge in [0.15, 0.2) is 0 Å². The van der Waals surface area contributed by atoms with E-state index in [1.165, 1.54) is 0 Å². The normalized spacial score (nSPS) is 9.93. The molecule has 0 atom stereocenters. The van der Waals surface area contributed by atoms with Crippen LogP contribution >= 0.6 is 0 Å². The van der Waals surface area contributed by atoms with Crippen LogP contribution in [0, 0.1) is 49.4 Å². The van der Waals surface area contributed by atoms with E-state index < -0.39 is 5.60 Å². The summed E-state index contributed by atoms with van der Waals surface area (Å²) in [6.07, 6.45) is 0. The van der Waals surface area contributed by atoms with Crippen molar-refractivity contribution < 1.29 is 5.11 Å². The van der Waals surface area contributed by atoms with Crippen LogP contribution in [0.4, 0.5) is 0 Å². The third-order valence-corrected chi connectivity index (χ3v) is 4.46. The van der Waals surface area contributed by atoms with Gasteiger partial charge in [0.25, 0.3) is 0 Å². The standard InChI is InChI=1S/C28H22O/c1-4-7-26-8-5-6-9-27(26)28(29,20-18-24-14-10-22(2)11-15-24)21-19-25-16-12-23(3)13-17-25/h5-6,8-17,29H,1-3H3. The van der Waals surface area contributed by atoms with Crippen LogP contribution in [0.15, 0.2) is 72.8 Å². The van der Waals surface area contributed by atoms with Crippen molar-refractivity contribution in [1.29, 1.82) is 0 Å². The minimum atomic E-state index is -1.64. The summed E-state index contributed by atoms with van der Waals surface area (Å²) in [7, 11) is 0. The van der Waals surface area contributed by atoms with Crippen LogP contribution < -0.4 is 0 Å². The minimum Gasteiger partial charge on any atom is -0.363 e.